The fraction of sp³-hybridized carbons (Fsp3) is 0.348. The Hall–Kier alpha value is -2.24. The Bertz CT molecular complexity index is 751. The van der Waals surface area contributed by atoms with Gasteiger partial charge in [0.25, 0.3) is 0 Å². The highest BCUT2D eigenvalue weighted by Gasteiger charge is 2.18. The van der Waals surface area contributed by atoms with Gasteiger partial charge < -0.3 is 14.7 Å². The second-order valence-corrected chi connectivity index (χ2v) is 8.53. The van der Waals surface area contributed by atoms with Crippen molar-refractivity contribution in [2.75, 3.05) is 45.9 Å². The molecule has 1 N–H and O–H groups in total. The Morgan fingerprint density at radius 1 is 1.00 bits per heavy atom. The molecule has 2 aromatic rings. The molecule has 1 aromatic carbocycles. The van der Waals surface area contributed by atoms with Gasteiger partial charge in [0.1, 0.15) is 0 Å². The summed E-state index contributed by atoms with van der Waals surface area (Å²) < 4.78 is 2.24. The van der Waals surface area contributed by atoms with Gasteiger partial charge in [0.05, 0.1) is 19.8 Å². The first-order chi connectivity index (χ1) is 13.4. The van der Waals surface area contributed by atoms with E-state index in [1.807, 2.05) is 18.0 Å². The summed E-state index contributed by atoms with van der Waals surface area (Å²) in [5.74, 6) is 1.06. The summed E-state index contributed by atoms with van der Waals surface area (Å²) in [5.41, 5.74) is 4.03. The molecular formula is C23H34N4S+2. The number of aryl methyl sites for hydroxylation is 1. The van der Waals surface area contributed by atoms with Crippen molar-refractivity contribution in [3.8, 4) is 0 Å². The summed E-state index contributed by atoms with van der Waals surface area (Å²) in [6, 6.07) is 12.9. The van der Waals surface area contributed by atoms with E-state index < -0.39 is 0 Å². The Balaban J connectivity index is 1.88. The fourth-order valence-electron chi connectivity index (χ4n) is 2.86. The molecule has 1 heterocycles. The molecule has 4 nitrogen and oxygen atoms in total. The number of aromatic nitrogens is 1. The average Bonchev–Trinajstić information content (AvgIpc) is 2.70. The molecule has 0 amide bonds. The third-order valence-electron chi connectivity index (χ3n) is 4.57. The average molecular weight is 399 g/mol. The number of pyridine rings is 1. The Kier molecular flexibility index (Phi) is 8.61. The van der Waals surface area contributed by atoms with Crippen LogP contribution in [0.1, 0.15) is 11.1 Å². The Labute approximate surface area is 174 Å². The Morgan fingerprint density at radius 3 is 2.07 bits per heavy atom. The predicted octanol–water partition coefficient (Wildman–Crippen LogP) is 2.45. The quantitative estimate of drug-likeness (QED) is 0.489. The van der Waals surface area contributed by atoms with Crippen molar-refractivity contribution in [1.29, 1.82) is 0 Å². The third kappa shape index (κ3) is 6.73. The maximum atomic E-state index is 3.88. The predicted molar refractivity (Wildman–Crippen MR) is 123 cm³/mol. The van der Waals surface area contributed by atoms with E-state index in [-0.39, 0.29) is 0 Å². The van der Waals surface area contributed by atoms with E-state index in [1.165, 1.54) is 21.7 Å². The molecule has 0 radical (unpaired) electrons. The first-order valence-electron chi connectivity index (χ1n) is 9.61. The van der Waals surface area contributed by atoms with Crippen LogP contribution < -0.4 is 14.4 Å². The van der Waals surface area contributed by atoms with Gasteiger partial charge in [-0.3, -0.25) is 0 Å². The minimum atomic E-state index is 0.388. The van der Waals surface area contributed by atoms with Crippen molar-refractivity contribution in [3.63, 3.8) is 0 Å². The smallest absolute Gasteiger partial charge is 0.211 e. The summed E-state index contributed by atoms with van der Waals surface area (Å²) in [4.78, 5) is 5.68. The largest absolute Gasteiger partial charge is 0.378 e. The van der Waals surface area contributed by atoms with E-state index in [4.69, 9.17) is 0 Å². The minimum absolute atomic E-state index is 0.388. The lowest BCUT2D eigenvalue weighted by Gasteiger charge is -2.27. The molecule has 1 atom stereocenters. The van der Waals surface area contributed by atoms with Crippen LogP contribution in [0.4, 0.5) is 5.69 Å². The number of nitrogens with zero attached hydrogens (tertiary/aromatic N) is 3. The highest BCUT2D eigenvalue weighted by atomic mass is 32.2. The molecule has 5 heteroatoms. The third-order valence-corrected chi connectivity index (χ3v) is 6.11. The zero-order chi connectivity index (χ0) is 20.5. The van der Waals surface area contributed by atoms with Crippen molar-refractivity contribution < 1.29 is 9.47 Å². The summed E-state index contributed by atoms with van der Waals surface area (Å²) in [6.07, 6.45) is 10.5. The molecule has 0 fully saturated rings. The van der Waals surface area contributed by atoms with Crippen LogP contribution >= 0.6 is 11.8 Å². The van der Waals surface area contributed by atoms with E-state index in [1.54, 1.807) is 0 Å². The fourth-order valence-corrected chi connectivity index (χ4v) is 4.06. The van der Waals surface area contributed by atoms with E-state index in [9.17, 15) is 0 Å². The second-order valence-electron chi connectivity index (χ2n) is 7.34. The van der Waals surface area contributed by atoms with Crippen LogP contribution in [0.5, 0.6) is 0 Å². The number of anilines is 1. The van der Waals surface area contributed by atoms with E-state index in [2.05, 4.69) is 117 Å². The number of thioether (sulfide) groups is 1. The van der Waals surface area contributed by atoms with Crippen LogP contribution in [0, 0.1) is 0 Å². The van der Waals surface area contributed by atoms with Gasteiger partial charge in [-0.15, -0.1) is 0 Å². The molecule has 1 unspecified atom stereocenters. The van der Waals surface area contributed by atoms with Gasteiger partial charge in [0, 0.05) is 39.0 Å². The van der Waals surface area contributed by atoms with Gasteiger partial charge in [-0.1, -0.05) is 42.6 Å². The van der Waals surface area contributed by atoms with Gasteiger partial charge in [-0.25, -0.2) is 4.57 Å². The molecule has 0 aliphatic rings. The highest BCUT2D eigenvalue weighted by molar-refractivity contribution is 7.99. The number of benzene rings is 1. The zero-order valence-electron chi connectivity index (χ0n) is 17.8. The van der Waals surface area contributed by atoms with Gasteiger partial charge >= 0.3 is 0 Å². The van der Waals surface area contributed by atoms with Crippen molar-refractivity contribution >= 4 is 29.6 Å². The van der Waals surface area contributed by atoms with Crippen molar-refractivity contribution in [1.82, 2.24) is 4.90 Å². The monoisotopic (exact) mass is 398 g/mol. The Morgan fingerprint density at radius 2 is 1.57 bits per heavy atom. The van der Waals surface area contributed by atoms with Crippen molar-refractivity contribution in [2.45, 2.75) is 12.0 Å². The van der Waals surface area contributed by atoms with Crippen LogP contribution in [0.15, 0.2) is 61.6 Å². The van der Waals surface area contributed by atoms with Gasteiger partial charge in [-0.05, 0) is 29.5 Å². The summed E-state index contributed by atoms with van der Waals surface area (Å²) in [7, 11) is 10.6. The molecule has 0 spiro atoms. The van der Waals surface area contributed by atoms with Crippen LogP contribution in [0.3, 0.4) is 0 Å². The molecule has 0 aliphatic heterocycles. The second kappa shape index (κ2) is 10.9. The number of nitrogens with one attached hydrogen (secondary N) is 1. The van der Waals surface area contributed by atoms with Gasteiger partial charge in [0.2, 0.25) is 5.50 Å². The van der Waals surface area contributed by atoms with E-state index >= 15 is 0 Å². The van der Waals surface area contributed by atoms with Crippen LogP contribution in [-0.4, -0.2) is 51.4 Å². The highest BCUT2D eigenvalue weighted by Crippen LogP contribution is 2.14. The molecule has 0 bridgehead atoms. The molecule has 1 aromatic heterocycles. The van der Waals surface area contributed by atoms with E-state index in [0.29, 0.717) is 5.50 Å². The SMILES string of the molecule is C=CN(C)C(SCC[n+]1ccc(/C=C/c2ccc(N(C)C)cc2)cc1)[NH+](C)C. The molecule has 0 saturated heterocycles. The lowest BCUT2D eigenvalue weighted by atomic mass is 10.1. The number of rotatable bonds is 10. The number of hydrogen-bond donors (Lipinski definition) is 1. The first kappa shape index (κ1) is 22.1. The number of quaternary nitrogens is 1. The van der Waals surface area contributed by atoms with E-state index in [0.717, 1.165) is 12.3 Å². The van der Waals surface area contributed by atoms with Crippen LogP contribution in [0.25, 0.3) is 12.2 Å². The molecule has 2 rings (SSSR count). The normalized spacial score (nSPS) is 12.4. The molecule has 0 saturated carbocycles. The maximum absolute atomic E-state index is 3.88. The standard InChI is InChI=1S/C23H33N4S/c1-7-26(6)23(25(4)5)28-19-18-27-16-14-21(15-17-27)9-8-20-10-12-22(13-11-20)24(2)3/h7-17,23H,1,18-19H2,2-6H3/q+1/p+1. The number of hydrogen-bond acceptors (Lipinski definition) is 3. The summed E-state index contributed by atoms with van der Waals surface area (Å²) in [5, 5.41) is 0. The zero-order valence-corrected chi connectivity index (χ0v) is 18.6. The molecular weight excluding hydrogens is 364 g/mol. The van der Waals surface area contributed by atoms with Crippen molar-refractivity contribution in [3.05, 3.63) is 72.7 Å². The molecule has 150 valence electrons. The lowest BCUT2D eigenvalue weighted by molar-refractivity contribution is -0.879. The minimum Gasteiger partial charge on any atom is -0.378 e. The van der Waals surface area contributed by atoms with Crippen LogP contribution in [0.2, 0.25) is 0 Å². The maximum Gasteiger partial charge on any atom is 0.211 e. The van der Waals surface area contributed by atoms with Crippen LogP contribution in [-0.2, 0) is 6.54 Å². The van der Waals surface area contributed by atoms with Gasteiger partial charge in [0.15, 0.2) is 18.9 Å². The summed E-state index contributed by atoms with van der Waals surface area (Å²) >= 11 is 1.95. The van der Waals surface area contributed by atoms with Gasteiger partial charge in [-0.2, -0.15) is 0 Å². The first-order valence-corrected chi connectivity index (χ1v) is 10.7. The molecule has 0 aliphatic carbocycles. The van der Waals surface area contributed by atoms with Crippen molar-refractivity contribution in [2.24, 2.45) is 0 Å². The molecule has 28 heavy (non-hydrogen) atoms. The topological polar surface area (TPSA) is 14.8 Å². The summed E-state index contributed by atoms with van der Waals surface area (Å²) in [6.45, 7) is 4.87. The lowest BCUT2D eigenvalue weighted by Crippen LogP contribution is -3.11.